The Bertz CT molecular complexity index is 1130. The van der Waals surface area contributed by atoms with Crippen LogP contribution in [0.2, 0.25) is 0 Å². The molecule has 0 radical (unpaired) electrons. The largest absolute Gasteiger partial charge is 0.460 e. The molecule has 0 saturated heterocycles. The van der Waals surface area contributed by atoms with E-state index in [9.17, 15) is 74.6 Å². The molecule has 0 fully saturated rings. The van der Waals surface area contributed by atoms with Crippen molar-refractivity contribution in [3.63, 3.8) is 0 Å². The van der Waals surface area contributed by atoms with E-state index in [0.717, 1.165) is 12.4 Å². The van der Waals surface area contributed by atoms with Crippen molar-refractivity contribution in [2.24, 2.45) is 0 Å². The number of pyridine rings is 2. The number of H-pyrrole nitrogens is 1. The van der Waals surface area contributed by atoms with Crippen LogP contribution < -0.4 is 9.55 Å². The molecule has 2 nitrogen and oxygen atoms in total. The number of aryl methyl sites for hydroxylation is 1. The lowest BCUT2D eigenvalue weighted by Crippen LogP contribution is -2.74. The second-order valence-corrected chi connectivity index (χ2v) is 8.01. The minimum absolute atomic E-state index is 0.405. The highest BCUT2D eigenvalue weighted by Crippen LogP contribution is 2.64. The van der Waals surface area contributed by atoms with Crippen molar-refractivity contribution in [2.75, 3.05) is 0 Å². The highest BCUT2D eigenvalue weighted by molar-refractivity contribution is 5.60. The summed E-state index contributed by atoms with van der Waals surface area (Å²) in [6, 6.07) is 5.44. The number of nitrogens with zero attached hydrogens (tertiary/aromatic N) is 1. The monoisotopic (exact) mass is 604 g/mol. The summed E-state index contributed by atoms with van der Waals surface area (Å²) < 4.78 is 227. The van der Waals surface area contributed by atoms with E-state index < -0.39 is 60.6 Å². The normalized spacial score (nSPS) is 15.0. The van der Waals surface area contributed by atoms with Crippen LogP contribution in [0.15, 0.2) is 49.1 Å². The molecule has 0 aliphatic carbocycles. The van der Waals surface area contributed by atoms with Crippen LogP contribution in [0, 0.1) is 0 Å². The van der Waals surface area contributed by atoms with Gasteiger partial charge in [0.25, 0.3) is 0 Å². The number of nitrogens with one attached hydrogen (secondary N) is 1. The first kappa shape index (κ1) is 32.3. The summed E-state index contributed by atoms with van der Waals surface area (Å²) in [6.45, 7) is -1.40. The molecular formula is C20H13F17N2+2. The molecule has 0 spiro atoms. The van der Waals surface area contributed by atoms with Crippen LogP contribution in [0.5, 0.6) is 0 Å². The van der Waals surface area contributed by atoms with Gasteiger partial charge >= 0.3 is 47.6 Å². The van der Waals surface area contributed by atoms with Crippen molar-refractivity contribution in [1.29, 1.82) is 0 Å². The number of aromatic amines is 1. The van der Waals surface area contributed by atoms with E-state index in [-0.39, 0.29) is 0 Å². The molecule has 1 N–H and O–H groups in total. The minimum atomic E-state index is -8.62. The van der Waals surface area contributed by atoms with Gasteiger partial charge in [-0.1, -0.05) is 0 Å². The Hall–Kier alpha value is -2.89. The van der Waals surface area contributed by atoms with Gasteiger partial charge in [-0.3, -0.25) is 0 Å². The third kappa shape index (κ3) is 4.96. The zero-order chi connectivity index (χ0) is 30.5. The van der Waals surface area contributed by atoms with Crippen molar-refractivity contribution >= 4 is 0 Å². The predicted octanol–water partition coefficient (Wildman–Crippen LogP) is 6.85. The van der Waals surface area contributed by atoms with Crippen molar-refractivity contribution in [3.8, 4) is 11.1 Å². The van der Waals surface area contributed by atoms with Crippen LogP contribution in [-0.2, 0) is 6.54 Å². The molecule has 2 heterocycles. The third-order valence-corrected chi connectivity index (χ3v) is 5.41. The number of rotatable bonds is 10. The average Bonchev–Trinajstić information content (AvgIpc) is 2.82. The van der Waals surface area contributed by atoms with Crippen LogP contribution in [-0.4, -0.2) is 47.6 Å². The fourth-order valence-corrected chi connectivity index (χ4v) is 3.00. The molecule has 0 aliphatic heterocycles. The summed E-state index contributed by atoms with van der Waals surface area (Å²) in [5.74, 6) is -56.2. The van der Waals surface area contributed by atoms with Gasteiger partial charge in [-0.05, 0) is 11.1 Å². The predicted molar refractivity (Wildman–Crippen MR) is 93.9 cm³/mol. The molecule has 0 saturated carbocycles. The van der Waals surface area contributed by atoms with Crippen molar-refractivity contribution in [1.82, 2.24) is 0 Å². The number of halogens is 17. The minimum Gasteiger partial charge on any atom is -0.218 e. The molecule has 0 amide bonds. The van der Waals surface area contributed by atoms with Gasteiger partial charge < -0.3 is 0 Å². The molecule has 220 valence electrons. The Morgan fingerprint density at radius 2 is 0.846 bits per heavy atom. The molecule has 39 heavy (non-hydrogen) atoms. The zero-order valence-corrected chi connectivity index (χ0v) is 18.4. The molecule has 0 unspecified atom stereocenters. The quantitative estimate of drug-likeness (QED) is 0.209. The SMILES string of the molecule is FC(F)(F)C(F)(F)C(F)(F)C(F)(F)C(F)(F)C(F)(F)C(F)(F)C(F)(F)CC[n+]1ccc(-c2cc[nH+]cc2)cc1. The Kier molecular flexibility index (Phi) is 7.99. The molecule has 0 aliphatic rings. The summed E-state index contributed by atoms with van der Waals surface area (Å²) in [6.07, 6.45) is -5.53. The van der Waals surface area contributed by atoms with Gasteiger partial charge in [-0.25, -0.2) is 9.55 Å². The van der Waals surface area contributed by atoms with Crippen LogP contribution in [0.25, 0.3) is 11.1 Å². The summed E-state index contributed by atoms with van der Waals surface area (Å²) in [5, 5.41) is 0. The van der Waals surface area contributed by atoms with E-state index in [0.29, 0.717) is 15.7 Å². The van der Waals surface area contributed by atoms with E-state index in [4.69, 9.17) is 0 Å². The maximum absolute atomic E-state index is 14.0. The van der Waals surface area contributed by atoms with Crippen LogP contribution in [0.1, 0.15) is 6.42 Å². The zero-order valence-electron chi connectivity index (χ0n) is 18.4. The standard InChI is InChI=1S/C20H12F17N2/c21-13(22,5-10-39-8-3-12(4-9-39)11-1-6-38-7-2-11)14(23,24)15(25,26)16(27,28)17(29,30)18(31,32)19(33,34)20(35,36)37/h1-4,6-9H,5,10H2/q+1/p+1. The first-order chi connectivity index (χ1) is 17.3. The average molecular weight is 604 g/mol. The van der Waals surface area contributed by atoms with Gasteiger partial charge in [0, 0.05) is 24.3 Å². The summed E-state index contributed by atoms with van der Waals surface area (Å²) in [4.78, 5) is 2.67. The summed E-state index contributed by atoms with van der Waals surface area (Å²) in [7, 11) is 0. The first-order valence-electron chi connectivity index (χ1n) is 9.96. The Morgan fingerprint density at radius 3 is 1.26 bits per heavy atom. The maximum atomic E-state index is 14.0. The maximum Gasteiger partial charge on any atom is 0.460 e. The fraction of sp³-hybridized carbons (Fsp3) is 0.500. The third-order valence-electron chi connectivity index (χ3n) is 5.41. The van der Waals surface area contributed by atoms with Gasteiger partial charge in [0.05, 0.1) is 6.42 Å². The van der Waals surface area contributed by atoms with E-state index in [2.05, 4.69) is 4.98 Å². The van der Waals surface area contributed by atoms with Crippen LogP contribution >= 0.6 is 0 Å². The van der Waals surface area contributed by atoms with Crippen molar-refractivity contribution in [3.05, 3.63) is 49.1 Å². The van der Waals surface area contributed by atoms with E-state index in [1.165, 1.54) is 36.7 Å². The van der Waals surface area contributed by atoms with Gasteiger partial charge in [-0.15, -0.1) is 0 Å². The molecule has 0 aromatic carbocycles. The topological polar surface area (TPSA) is 18.0 Å². The molecule has 19 heteroatoms. The lowest BCUT2D eigenvalue weighted by atomic mass is 9.88. The number of aromatic nitrogens is 2. The second kappa shape index (κ2) is 9.64. The smallest absolute Gasteiger partial charge is 0.218 e. The van der Waals surface area contributed by atoms with Gasteiger partial charge in [-0.2, -0.15) is 74.6 Å². The van der Waals surface area contributed by atoms with Gasteiger partial charge in [0.15, 0.2) is 31.3 Å². The lowest BCUT2D eigenvalue weighted by molar-refractivity contribution is -0.700. The fourth-order valence-electron chi connectivity index (χ4n) is 3.00. The summed E-state index contributed by atoms with van der Waals surface area (Å²) in [5.41, 5.74) is 0.941. The first-order valence-corrected chi connectivity index (χ1v) is 9.96. The molecule has 2 aromatic rings. The number of alkyl halides is 17. The highest BCUT2D eigenvalue weighted by atomic mass is 19.4. The number of hydrogen-bond acceptors (Lipinski definition) is 0. The van der Waals surface area contributed by atoms with E-state index in [1.54, 1.807) is 0 Å². The highest BCUT2D eigenvalue weighted by Gasteiger charge is 2.95. The van der Waals surface area contributed by atoms with E-state index in [1.807, 2.05) is 0 Å². The van der Waals surface area contributed by atoms with Crippen molar-refractivity contribution in [2.45, 2.75) is 60.6 Å². The lowest BCUT2D eigenvalue weighted by Gasteiger charge is -2.42. The molecule has 0 bridgehead atoms. The Labute approximate surface area is 206 Å². The molecule has 2 aromatic heterocycles. The van der Waals surface area contributed by atoms with Crippen LogP contribution in [0.4, 0.5) is 74.6 Å². The Morgan fingerprint density at radius 1 is 0.487 bits per heavy atom. The molecule has 0 atom stereocenters. The van der Waals surface area contributed by atoms with Gasteiger partial charge in [0.2, 0.25) is 0 Å². The molecular weight excluding hydrogens is 591 g/mol. The second-order valence-electron chi connectivity index (χ2n) is 8.01. The van der Waals surface area contributed by atoms with Crippen LogP contribution in [0.3, 0.4) is 0 Å². The summed E-state index contributed by atoms with van der Waals surface area (Å²) >= 11 is 0. The molecule has 2 rings (SSSR count). The number of hydrogen-bond donors (Lipinski definition) is 0. The van der Waals surface area contributed by atoms with Crippen molar-refractivity contribution < 1.29 is 84.2 Å². The van der Waals surface area contributed by atoms with E-state index >= 15 is 0 Å². The van der Waals surface area contributed by atoms with Gasteiger partial charge in [0.1, 0.15) is 0 Å². The Balaban J connectivity index is 2.36.